The first-order valence-corrected chi connectivity index (χ1v) is 7.86. The number of fused-ring (bicyclic) bond motifs is 1. The molecule has 0 bridgehead atoms. The Bertz CT molecular complexity index is 797. The van der Waals surface area contributed by atoms with Crippen LogP contribution in [-0.4, -0.2) is 24.7 Å². The molecule has 1 saturated heterocycles. The molecule has 0 unspecified atom stereocenters. The molecular weight excluding hydrogens is 298 g/mol. The van der Waals surface area contributed by atoms with E-state index < -0.39 is 11.6 Å². The minimum Gasteiger partial charge on any atom is -0.381 e. The van der Waals surface area contributed by atoms with Gasteiger partial charge in [0, 0.05) is 49.7 Å². The number of nitrogens with zero attached hydrogens (tertiary/aromatic N) is 2. The van der Waals surface area contributed by atoms with E-state index in [1.807, 2.05) is 0 Å². The van der Waals surface area contributed by atoms with E-state index >= 15 is 0 Å². The molecule has 0 amide bonds. The number of anilines is 1. The largest absolute Gasteiger partial charge is 0.381 e. The fraction of sp³-hybridized carbons (Fsp3) is 0.389. The number of rotatable bonds is 1. The molecule has 1 fully saturated rings. The smallest absolute Gasteiger partial charge is 0.137 e. The van der Waals surface area contributed by atoms with Crippen LogP contribution in [-0.2, 0) is 4.74 Å². The third-order valence-corrected chi connectivity index (χ3v) is 5.15. The second-order valence-corrected chi connectivity index (χ2v) is 6.44. The topological polar surface area (TPSA) is 25.4 Å². The number of pyridine rings is 1. The normalized spacial score (nSPS) is 20.3. The van der Waals surface area contributed by atoms with Crippen LogP contribution >= 0.6 is 0 Å². The molecule has 1 aromatic heterocycles. The van der Waals surface area contributed by atoms with Crippen molar-refractivity contribution in [1.82, 2.24) is 4.98 Å². The lowest BCUT2D eigenvalue weighted by Gasteiger charge is -2.35. The molecule has 23 heavy (non-hydrogen) atoms. The van der Waals surface area contributed by atoms with Gasteiger partial charge in [0.15, 0.2) is 0 Å². The van der Waals surface area contributed by atoms with Gasteiger partial charge in [-0.15, -0.1) is 0 Å². The maximum Gasteiger partial charge on any atom is 0.137 e. The average molecular weight is 316 g/mol. The lowest BCUT2D eigenvalue weighted by Crippen LogP contribution is -2.35. The van der Waals surface area contributed by atoms with Crippen LogP contribution in [0.15, 0.2) is 36.2 Å². The molecule has 0 N–H and O–H groups in total. The number of hydrogen-bond acceptors (Lipinski definition) is 3. The van der Waals surface area contributed by atoms with Gasteiger partial charge >= 0.3 is 0 Å². The van der Waals surface area contributed by atoms with E-state index in [1.165, 1.54) is 11.6 Å². The molecule has 3 nitrogen and oxygen atoms in total. The predicted octanol–water partition coefficient (Wildman–Crippen LogP) is 4.03. The Morgan fingerprint density at radius 1 is 1.22 bits per heavy atom. The zero-order chi connectivity index (χ0) is 16.0. The van der Waals surface area contributed by atoms with Crippen LogP contribution < -0.4 is 4.90 Å². The van der Waals surface area contributed by atoms with Gasteiger partial charge in [0.05, 0.1) is 16.6 Å². The van der Waals surface area contributed by atoms with Gasteiger partial charge in [-0.25, -0.2) is 8.78 Å². The Kier molecular flexibility index (Phi) is 3.34. The highest BCUT2D eigenvalue weighted by Crippen LogP contribution is 2.45. The van der Waals surface area contributed by atoms with Crippen molar-refractivity contribution in [3.05, 3.63) is 47.8 Å². The zero-order valence-corrected chi connectivity index (χ0v) is 13.0. The minimum atomic E-state index is -0.603. The van der Waals surface area contributed by atoms with Crippen LogP contribution in [0.4, 0.5) is 14.5 Å². The summed E-state index contributed by atoms with van der Waals surface area (Å²) in [5.41, 5.74) is 2.49. The van der Waals surface area contributed by atoms with E-state index in [4.69, 9.17) is 4.74 Å². The number of aromatic nitrogens is 1. The molecule has 3 heterocycles. The third-order valence-electron chi connectivity index (χ3n) is 5.15. The maximum atomic E-state index is 14.3. The number of halogens is 2. The van der Waals surface area contributed by atoms with E-state index in [9.17, 15) is 8.78 Å². The van der Waals surface area contributed by atoms with Crippen molar-refractivity contribution >= 4 is 16.6 Å². The molecule has 5 heteroatoms. The highest BCUT2D eigenvalue weighted by Gasteiger charge is 2.40. The fourth-order valence-electron chi connectivity index (χ4n) is 3.76. The van der Waals surface area contributed by atoms with Gasteiger partial charge in [-0.2, -0.15) is 0 Å². The number of hydrogen-bond donors (Lipinski definition) is 0. The lowest BCUT2D eigenvalue weighted by molar-refractivity contribution is 0.0390. The van der Waals surface area contributed by atoms with Crippen LogP contribution in [0.1, 0.15) is 19.8 Å². The molecule has 1 spiro atoms. The maximum absolute atomic E-state index is 14.3. The van der Waals surface area contributed by atoms with Crippen molar-refractivity contribution in [1.29, 1.82) is 0 Å². The molecule has 4 rings (SSSR count). The Labute approximate surface area is 133 Å². The molecule has 120 valence electrons. The van der Waals surface area contributed by atoms with Gasteiger partial charge in [0.1, 0.15) is 11.6 Å². The van der Waals surface area contributed by atoms with E-state index in [2.05, 4.69) is 23.0 Å². The molecule has 0 saturated carbocycles. The van der Waals surface area contributed by atoms with Crippen LogP contribution in [0.5, 0.6) is 0 Å². The van der Waals surface area contributed by atoms with E-state index in [-0.39, 0.29) is 5.41 Å². The molecule has 1 aromatic carbocycles. The minimum absolute atomic E-state index is 0.102. The van der Waals surface area contributed by atoms with Crippen LogP contribution in [0, 0.1) is 17.0 Å². The van der Waals surface area contributed by atoms with E-state index in [0.717, 1.165) is 44.4 Å². The predicted molar refractivity (Wildman–Crippen MR) is 85.2 cm³/mol. The van der Waals surface area contributed by atoms with Crippen molar-refractivity contribution in [3.8, 4) is 0 Å². The molecule has 2 aromatic rings. The van der Waals surface area contributed by atoms with E-state index in [1.54, 1.807) is 12.3 Å². The highest BCUT2D eigenvalue weighted by molar-refractivity contribution is 5.92. The molecular formula is C18H18F2N2O. The van der Waals surface area contributed by atoms with Gasteiger partial charge in [-0.05, 0) is 31.4 Å². The van der Waals surface area contributed by atoms with E-state index in [0.29, 0.717) is 10.9 Å². The Balaban J connectivity index is 1.79. The molecule has 0 radical (unpaired) electrons. The summed E-state index contributed by atoms with van der Waals surface area (Å²) in [6.07, 6.45) is 5.65. The van der Waals surface area contributed by atoms with Crippen molar-refractivity contribution in [2.24, 2.45) is 5.41 Å². The Morgan fingerprint density at radius 3 is 2.78 bits per heavy atom. The molecule has 0 aliphatic carbocycles. The summed E-state index contributed by atoms with van der Waals surface area (Å²) in [6.45, 7) is 4.45. The standard InChI is InChI=1S/C18H18F2N2O/c1-12-10-22(11-18(12)3-6-23-7-4-18)16-2-5-21-15-9-13(19)8-14(20)17(15)16/h2,5,8-10H,3-4,6-7,11H2,1H3. The monoisotopic (exact) mass is 316 g/mol. The first-order chi connectivity index (χ1) is 11.1. The third kappa shape index (κ3) is 2.30. The molecule has 0 atom stereocenters. The summed E-state index contributed by atoms with van der Waals surface area (Å²) in [5, 5.41) is 0.377. The lowest BCUT2D eigenvalue weighted by atomic mass is 9.76. The number of benzene rings is 1. The van der Waals surface area contributed by atoms with Crippen molar-refractivity contribution < 1.29 is 13.5 Å². The van der Waals surface area contributed by atoms with Gasteiger partial charge < -0.3 is 9.64 Å². The first kappa shape index (κ1) is 14.6. The van der Waals surface area contributed by atoms with Gasteiger partial charge in [0.2, 0.25) is 0 Å². The van der Waals surface area contributed by atoms with Crippen molar-refractivity contribution in [2.75, 3.05) is 24.7 Å². The zero-order valence-electron chi connectivity index (χ0n) is 13.0. The van der Waals surface area contributed by atoms with Crippen LogP contribution in [0.25, 0.3) is 10.9 Å². The SMILES string of the molecule is CC1=CN(c2ccnc3cc(F)cc(F)c23)CC12CCOCC2. The Hall–Kier alpha value is -2.01. The second-order valence-electron chi connectivity index (χ2n) is 6.44. The van der Waals surface area contributed by atoms with Crippen LogP contribution in [0.2, 0.25) is 0 Å². The highest BCUT2D eigenvalue weighted by atomic mass is 19.1. The average Bonchev–Trinajstić information content (AvgIpc) is 2.83. The van der Waals surface area contributed by atoms with Gasteiger partial charge in [-0.3, -0.25) is 4.98 Å². The van der Waals surface area contributed by atoms with Gasteiger partial charge in [-0.1, -0.05) is 0 Å². The summed E-state index contributed by atoms with van der Waals surface area (Å²) in [6, 6.07) is 3.99. The molecule has 2 aliphatic heterocycles. The Morgan fingerprint density at radius 2 is 2.00 bits per heavy atom. The summed E-state index contributed by atoms with van der Waals surface area (Å²) in [4.78, 5) is 6.19. The molecule has 2 aliphatic rings. The van der Waals surface area contributed by atoms with Gasteiger partial charge in [0.25, 0.3) is 0 Å². The summed E-state index contributed by atoms with van der Waals surface area (Å²) >= 11 is 0. The first-order valence-electron chi connectivity index (χ1n) is 7.86. The number of ether oxygens (including phenoxy) is 1. The summed E-state index contributed by atoms with van der Waals surface area (Å²) in [7, 11) is 0. The van der Waals surface area contributed by atoms with Crippen molar-refractivity contribution in [2.45, 2.75) is 19.8 Å². The summed E-state index contributed by atoms with van der Waals surface area (Å²) in [5.74, 6) is -1.17. The summed E-state index contributed by atoms with van der Waals surface area (Å²) < 4.78 is 33.3. The quantitative estimate of drug-likeness (QED) is 0.794. The van der Waals surface area contributed by atoms with Crippen molar-refractivity contribution in [3.63, 3.8) is 0 Å². The van der Waals surface area contributed by atoms with Crippen LogP contribution in [0.3, 0.4) is 0 Å². The fourth-order valence-corrected chi connectivity index (χ4v) is 3.76. The second kappa shape index (κ2) is 5.27.